The molecule has 0 spiro atoms. The number of nitrogens with one attached hydrogen (secondary N) is 1. The molecule has 42 heavy (non-hydrogen) atoms. The van der Waals surface area contributed by atoms with Crippen molar-refractivity contribution in [1.29, 1.82) is 0 Å². The monoisotopic (exact) mass is 609 g/mol. The van der Waals surface area contributed by atoms with Gasteiger partial charge in [0.2, 0.25) is 5.91 Å². The molecular weight excluding hydrogens is 560 g/mol. The molecule has 0 bridgehead atoms. The Morgan fingerprint density at radius 3 is 2.31 bits per heavy atom. The van der Waals surface area contributed by atoms with E-state index < -0.39 is 11.6 Å². The van der Waals surface area contributed by atoms with Gasteiger partial charge in [0, 0.05) is 38.0 Å². The van der Waals surface area contributed by atoms with Crippen molar-refractivity contribution >= 4 is 12.0 Å². The molecule has 3 aliphatic heterocycles. The molecule has 3 unspecified atom stereocenters. The maximum Gasteiger partial charge on any atom is 0.410 e. The number of benzene rings is 1. The number of quaternary nitrogens is 1. The summed E-state index contributed by atoms with van der Waals surface area (Å²) in [5.41, 5.74) is 0.0639. The number of piperidine rings is 2. The highest BCUT2D eigenvalue weighted by Crippen LogP contribution is 2.48. The SMILES string of the molecule is CC1(C)COC(=O)N1CC1(C2CCCCC2)CCN(C(=O)C2CC[NH+](C(C)(C)C)CC2c2ccc(F)cc2F)CC1.[Cl-]. The summed E-state index contributed by atoms with van der Waals surface area (Å²) in [6.07, 6.45) is 8.27. The van der Waals surface area contributed by atoms with Crippen molar-refractivity contribution in [3.8, 4) is 0 Å². The van der Waals surface area contributed by atoms with Gasteiger partial charge < -0.3 is 26.9 Å². The third-order valence-corrected chi connectivity index (χ3v) is 11.0. The minimum Gasteiger partial charge on any atom is -1.00 e. The molecule has 4 fully saturated rings. The van der Waals surface area contributed by atoms with Gasteiger partial charge in [-0.3, -0.25) is 9.69 Å². The van der Waals surface area contributed by atoms with Crippen molar-refractivity contribution < 1.29 is 40.4 Å². The van der Waals surface area contributed by atoms with Crippen LogP contribution in [0.15, 0.2) is 18.2 Å². The van der Waals surface area contributed by atoms with E-state index in [0.717, 1.165) is 25.5 Å². The zero-order chi connectivity index (χ0) is 29.6. The number of ether oxygens (including phenoxy) is 1. The van der Waals surface area contributed by atoms with Crippen molar-refractivity contribution in [1.82, 2.24) is 9.80 Å². The summed E-state index contributed by atoms with van der Waals surface area (Å²) in [7, 11) is 0. The van der Waals surface area contributed by atoms with Crippen LogP contribution in [0, 0.1) is 28.9 Å². The van der Waals surface area contributed by atoms with Gasteiger partial charge >= 0.3 is 6.09 Å². The van der Waals surface area contributed by atoms with E-state index in [9.17, 15) is 14.0 Å². The number of carbonyl (C=O) groups is 2. The fourth-order valence-corrected chi connectivity index (χ4v) is 8.20. The summed E-state index contributed by atoms with van der Waals surface area (Å²) >= 11 is 0. The first-order valence-electron chi connectivity index (χ1n) is 15.8. The molecule has 5 rings (SSSR count). The Morgan fingerprint density at radius 1 is 1.07 bits per heavy atom. The Balaban J connectivity index is 0.00000405. The number of hydrogen-bond acceptors (Lipinski definition) is 3. The number of likely N-dealkylation sites (tertiary alicyclic amines) is 2. The Bertz CT molecular complexity index is 1130. The first-order valence-corrected chi connectivity index (χ1v) is 15.8. The second kappa shape index (κ2) is 12.6. The highest BCUT2D eigenvalue weighted by molar-refractivity contribution is 5.80. The Labute approximate surface area is 256 Å². The topological polar surface area (TPSA) is 54.3 Å². The zero-order valence-corrected chi connectivity index (χ0v) is 26.9. The van der Waals surface area contributed by atoms with Gasteiger partial charge in [-0.25, -0.2) is 13.6 Å². The van der Waals surface area contributed by atoms with Gasteiger partial charge in [-0.05, 0) is 83.3 Å². The normalized spacial score (nSPS) is 28.3. The van der Waals surface area contributed by atoms with E-state index in [0.29, 0.717) is 50.7 Å². The highest BCUT2D eigenvalue weighted by Gasteiger charge is 2.50. The number of amides is 2. The number of nitrogens with zero attached hydrogens (tertiary/aromatic N) is 2. The summed E-state index contributed by atoms with van der Waals surface area (Å²) < 4.78 is 34.4. The Hall–Kier alpha value is -1.93. The maximum absolute atomic E-state index is 15.1. The Kier molecular flexibility index (Phi) is 9.88. The van der Waals surface area contributed by atoms with Crippen LogP contribution in [0.1, 0.15) is 97.5 Å². The third kappa shape index (κ3) is 6.59. The van der Waals surface area contributed by atoms with Gasteiger partial charge in [0.1, 0.15) is 18.2 Å². The third-order valence-electron chi connectivity index (χ3n) is 11.0. The van der Waals surface area contributed by atoms with E-state index in [1.54, 1.807) is 6.07 Å². The van der Waals surface area contributed by atoms with Crippen LogP contribution in [0.2, 0.25) is 0 Å². The lowest BCUT2D eigenvalue weighted by atomic mass is 9.63. The van der Waals surface area contributed by atoms with Crippen LogP contribution < -0.4 is 17.3 Å². The van der Waals surface area contributed by atoms with Crippen LogP contribution in [0.3, 0.4) is 0 Å². The number of carbonyl (C=O) groups excluding carboxylic acids is 2. The van der Waals surface area contributed by atoms with Crippen molar-refractivity contribution in [3.05, 3.63) is 35.4 Å². The van der Waals surface area contributed by atoms with E-state index in [2.05, 4.69) is 34.6 Å². The zero-order valence-electron chi connectivity index (χ0n) is 26.1. The molecule has 0 radical (unpaired) electrons. The fourth-order valence-electron chi connectivity index (χ4n) is 8.20. The smallest absolute Gasteiger partial charge is 0.410 e. The van der Waals surface area contributed by atoms with Crippen LogP contribution in [-0.2, 0) is 9.53 Å². The van der Waals surface area contributed by atoms with Gasteiger partial charge in [-0.1, -0.05) is 25.3 Å². The van der Waals surface area contributed by atoms with E-state index in [4.69, 9.17) is 4.74 Å². The molecule has 3 heterocycles. The van der Waals surface area contributed by atoms with Gasteiger partial charge in [0.15, 0.2) is 0 Å². The largest absolute Gasteiger partial charge is 1.00 e. The first-order chi connectivity index (χ1) is 19.3. The summed E-state index contributed by atoms with van der Waals surface area (Å²) in [6.45, 7) is 14.6. The minimum absolute atomic E-state index is 0. The van der Waals surface area contributed by atoms with Crippen molar-refractivity contribution in [3.63, 3.8) is 0 Å². The van der Waals surface area contributed by atoms with Crippen molar-refractivity contribution in [2.75, 3.05) is 39.3 Å². The van der Waals surface area contributed by atoms with Crippen LogP contribution in [0.5, 0.6) is 0 Å². The summed E-state index contributed by atoms with van der Waals surface area (Å²) in [4.78, 5) is 32.3. The summed E-state index contributed by atoms with van der Waals surface area (Å²) in [6, 6.07) is 3.81. The van der Waals surface area contributed by atoms with Crippen LogP contribution >= 0.6 is 0 Å². The molecule has 3 saturated heterocycles. The molecule has 1 aromatic carbocycles. The number of rotatable bonds is 5. The van der Waals surface area contributed by atoms with Crippen molar-refractivity contribution in [2.45, 2.75) is 103 Å². The molecule has 3 atom stereocenters. The molecule has 4 aliphatic rings. The average Bonchev–Trinajstić information content (AvgIpc) is 3.19. The predicted molar refractivity (Wildman–Crippen MR) is 155 cm³/mol. The van der Waals surface area contributed by atoms with Crippen LogP contribution in [0.25, 0.3) is 0 Å². The number of cyclic esters (lactones) is 1. The predicted octanol–water partition coefficient (Wildman–Crippen LogP) is 2.18. The number of hydrogen-bond donors (Lipinski definition) is 1. The molecular formula is C33H50ClF2N3O3. The van der Waals surface area contributed by atoms with Gasteiger partial charge in [0.05, 0.1) is 30.1 Å². The van der Waals surface area contributed by atoms with Gasteiger partial charge in [0.25, 0.3) is 0 Å². The lowest BCUT2D eigenvalue weighted by Crippen LogP contribution is -3.20. The molecule has 6 nitrogen and oxygen atoms in total. The van der Waals surface area contributed by atoms with E-state index in [-0.39, 0.29) is 52.7 Å². The van der Waals surface area contributed by atoms with E-state index in [1.807, 2.05) is 9.80 Å². The standard InChI is InChI=1S/C33H49F2N3O3.ClH/c1-31(2,3)37-16-13-26(27(20-37)25-12-11-24(34)19-28(25)35)29(39)36-17-14-33(15-18-36,23-9-7-6-8-10-23)21-38-30(40)41-22-32(38,4)5;/h11-12,19,23,26-27H,6-10,13-18,20-22H2,1-5H3;1H. The second-order valence-corrected chi connectivity index (χ2v) is 15.0. The molecule has 0 aromatic heterocycles. The van der Waals surface area contributed by atoms with E-state index >= 15 is 4.39 Å². The first kappa shape index (κ1) is 33.0. The van der Waals surface area contributed by atoms with Crippen LogP contribution in [0.4, 0.5) is 13.6 Å². The lowest BCUT2D eigenvalue weighted by Gasteiger charge is -2.51. The lowest BCUT2D eigenvalue weighted by molar-refractivity contribution is -0.953. The average molecular weight is 610 g/mol. The quantitative estimate of drug-likeness (QED) is 0.557. The fraction of sp³-hybridized carbons (Fsp3) is 0.758. The van der Waals surface area contributed by atoms with Gasteiger partial charge in [-0.15, -0.1) is 0 Å². The van der Waals surface area contributed by atoms with E-state index in [1.165, 1.54) is 43.1 Å². The van der Waals surface area contributed by atoms with Crippen molar-refractivity contribution in [2.24, 2.45) is 17.3 Å². The minimum atomic E-state index is -0.592. The summed E-state index contributed by atoms with van der Waals surface area (Å²) in [5, 5.41) is 0. The van der Waals surface area contributed by atoms with Gasteiger partial charge in [-0.2, -0.15) is 0 Å². The highest BCUT2D eigenvalue weighted by atomic mass is 35.5. The summed E-state index contributed by atoms with van der Waals surface area (Å²) in [5.74, 6) is -1.13. The molecule has 9 heteroatoms. The molecule has 2 amide bonds. The second-order valence-electron chi connectivity index (χ2n) is 15.0. The molecule has 236 valence electrons. The number of halogens is 3. The maximum atomic E-state index is 15.1. The molecule has 1 aliphatic carbocycles. The Morgan fingerprint density at radius 2 is 1.74 bits per heavy atom. The molecule has 1 N–H and O–H groups in total. The molecule has 1 saturated carbocycles. The molecule has 1 aromatic rings. The van der Waals surface area contributed by atoms with Crippen LogP contribution in [-0.4, -0.2) is 72.2 Å².